The van der Waals surface area contributed by atoms with Crippen molar-refractivity contribution in [1.82, 2.24) is 29.8 Å². The van der Waals surface area contributed by atoms with Gasteiger partial charge < -0.3 is 20.0 Å². The fourth-order valence-corrected chi connectivity index (χ4v) is 6.92. The Labute approximate surface area is 244 Å². The molecule has 4 heterocycles. The first kappa shape index (κ1) is 28.4. The van der Waals surface area contributed by atoms with Gasteiger partial charge in [0.1, 0.15) is 0 Å². The summed E-state index contributed by atoms with van der Waals surface area (Å²) in [6.45, 7) is 4.29. The lowest BCUT2D eigenvalue weighted by atomic mass is 9.84. The first-order valence-electron chi connectivity index (χ1n) is 14.9. The van der Waals surface area contributed by atoms with Crippen molar-refractivity contribution in [3.05, 3.63) is 41.3 Å². The van der Waals surface area contributed by atoms with Gasteiger partial charge in [-0.15, -0.1) is 0 Å². The van der Waals surface area contributed by atoms with Crippen LogP contribution in [-0.4, -0.2) is 64.2 Å². The zero-order valence-corrected chi connectivity index (χ0v) is 24.7. The Kier molecular flexibility index (Phi) is 7.34. The predicted octanol–water partition coefficient (Wildman–Crippen LogP) is 5.73. The Morgan fingerprint density at radius 3 is 2.48 bits per heavy atom. The number of amides is 2. The number of aryl methyl sites for hydroxylation is 1. The maximum absolute atomic E-state index is 14.6. The van der Waals surface area contributed by atoms with E-state index in [9.17, 15) is 18.0 Å². The minimum atomic E-state index is -4.56. The van der Waals surface area contributed by atoms with Crippen LogP contribution in [-0.2, 0) is 26.2 Å². The summed E-state index contributed by atoms with van der Waals surface area (Å²) in [5.41, 5.74) is 3.05. The molecule has 3 aliphatic rings. The van der Waals surface area contributed by atoms with E-state index in [0.29, 0.717) is 55.4 Å². The molecule has 2 amide bonds. The van der Waals surface area contributed by atoms with E-state index in [0.717, 1.165) is 42.9 Å². The normalized spacial score (nSPS) is 20.9. The van der Waals surface area contributed by atoms with Gasteiger partial charge in [-0.2, -0.15) is 23.4 Å². The lowest BCUT2D eigenvalue weighted by molar-refractivity contribution is -0.137. The Balaban J connectivity index is 1.48. The maximum Gasteiger partial charge on any atom is 0.417 e. The van der Waals surface area contributed by atoms with Gasteiger partial charge in [0.05, 0.1) is 35.7 Å². The highest BCUT2D eigenvalue weighted by molar-refractivity contribution is 5.86. The molecule has 3 aromatic rings. The van der Waals surface area contributed by atoms with Crippen molar-refractivity contribution in [2.24, 2.45) is 13.0 Å². The number of hydrogen-bond acceptors (Lipinski definition) is 5. The van der Waals surface area contributed by atoms with E-state index >= 15 is 0 Å². The topological polar surface area (TPSA) is 74.5 Å². The summed E-state index contributed by atoms with van der Waals surface area (Å²) >= 11 is 0. The molecular formula is C30H39F3N8O. The average Bonchev–Trinajstić information content (AvgIpc) is 3.59. The number of alkyl halides is 3. The monoisotopic (exact) mass is 584 g/mol. The van der Waals surface area contributed by atoms with E-state index in [2.05, 4.69) is 22.0 Å². The summed E-state index contributed by atoms with van der Waals surface area (Å²) in [6.07, 6.45) is 4.74. The highest BCUT2D eigenvalue weighted by Crippen LogP contribution is 2.48. The Hall–Kier alpha value is -3.70. The van der Waals surface area contributed by atoms with Crippen LogP contribution in [0.3, 0.4) is 0 Å². The fraction of sp³-hybridized carbons (Fsp3) is 0.567. The molecular weight excluding hydrogens is 545 g/mol. The number of aromatic nitrogens is 4. The van der Waals surface area contributed by atoms with E-state index in [1.165, 1.54) is 23.4 Å². The van der Waals surface area contributed by atoms with Crippen LogP contribution in [0.4, 0.5) is 35.2 Å². The second-order valence-electron chi connectivity index (χ2n) is 11.9. The number of benzene rings is 1. The first-order valence-corrected chi connectivity index (χ1v) is 14.9. The number of carbonyl (C=O) groups is 1. The number of anilines is 3. The molecule has 12 heteroatoms. The van der Waals surface area contributed by atoms with Gasteiger partial charge in [-0.25, -0.2) is 4.79 Å². The second kappa shape index (κ2) is 10.9. The molecule has 226 valence electrons. The van der Waals surface area contributed by atoms with Crippen molar-refractivity contribution >= 4 is 23.2 Å². The minimum Gasteiger partial charge on any atom is -0.371 e. The summed E-state index contributed by atoms with van der Waals surface area (Å²) in [5.74, 6) is 1.39. The smallest absolute Gasteiger partial charge is 0.371 e. The summed E-state index contributed by atoms with van der Waals surface area (Å²) in [7, 11) is 5.22. The van der Waals surface area contributed by atoms with Crippen LogP contribution in [0, 0.1) is 5.92 Å². The summed E-state index contributed by atoms with van der Waals surface area (Å²) in [4.78, 5) is 18.3. The molecule has 2 aliphatic heterocycles. The predicted molar refractivity (Wildman–Crippen MR) is 156 cm³/mol. The molecule has 0 unspecified atom stereocenters. The molecule has 2 aromatic heterocycles. The zero-order valence-electron chi connectivity index (χ0n) is 24.7. The van der Waals surface area contributed by atoms with Crippen LogP contribution < -0.4 is 15.1 Å². The van der Waals surface area contributed by atoms with Gasteiger partial charge in [0, 0.05) is 70.2 Å². The molecule has 1 aliphatic carbocycles. The lowest BCUT2D eigenvalue weighted by Crippen LogP contribution is -2.42. The number of fused-ring (bicyclic) bond motifs is 2. The molecule has 9 nitrogen and oxygen atoms in total. The molecule has 42 heavy (non-hydrogen) atoms. The van der Waals surface area contributed by atoms with Gasteiger partial charge in [0.2, 0.25) is 0 Å². The van der Waals surface area contributed by atoms with Gasteiger partial charge in [0.25, 0.3) is 0 Å². The van der Waals surface area contributed by atoms with Crippen LogP contribution in [0.15, 0.2) is 24.5 Å². The molecule has 1 fully saturated rings. The molecule has 0 atom stereocenters. The van der Waals surface area contributed by atoms with Crippen LogP contribution in [0.2, 0.25) is 0 Å². The van der Waals surface area contributed by atoms with Crippen LogP contribution in [0.1, 0.15) is 61.9 Å². The van der Waals surface area contributed by atoms with E-state index in [4.69, 9.17) is 5.10 Å². The summed E-state index contributed by atoms with van der Waals surface area (Å²) in [5, 5.41) is 12.0. The summed E-state index contributed by atoms with van der Waals surface area (Å²) < 4.78 is 47.4. The molecule has 1 saturated carbocycles. The van der Waals surface area contributed by atoms with Crippen LogP contribution in [0.5, 0.6) is 0 Å². The molecule has 1 aromatic carbocycles. The van der Waals surface area contributed by atoms with Gasteiger partial charge in [-0.05, 0) is 49.3 Å². The highest BCUT2D eigenvalue weighted by atomic mass is 19.4. The third kappa shape index (κ3) is 4.98. The van der Waals surface area contributed by atoms with Gasteiger partial charge in [-0.3, -0.25) is 9.36 Å². The number of nitrogens with zero attached hydrogens (tertiary/aromatic N) is 7. The largest absolute Gasteiger partial charge is 0.417 e. The second-order valence-corrected chi connectivity index (χ2v) is 11.9. The van der Waals surface area contributed by atoms with Gasteiger partial charge in [0.15, 0.2) is 5.82 Å². The van der Waals surface area contributed by atoms with Crippen molar-refractivity contribution in [3.63, 3.8) is 0 Å². The number of rotatable bonds is 4. The van der Waals surface area contributed by atoms with Crippen molar-refractivity contribution in [2.45, 2.75) is 64.2 Å². The fourth-order valence-electron chi connectivity index (χ4n) is 6.92. The van der Waals surface area contributed by atoms with Crippen LogP contribution >= 0.6 is 0 Å². The first-order chi connectivity index (χ1) is 20.1. The summed E-state index contributed by atoms with van der Waals surface area (Å²) in [6, 6.07) is 2.99. The maximum atomic E-state index is 14.6. The van der Waals surface area contributed by atoms with Crippen LogP contribution in [0.25, 0.3) is 11.1 Å². The molecule has 6 rings (SSSR count). The molecule has 0 saturated heterocycles. The zero-order chi connectivity index (χ0) is 29.8. The Morgan fingerprint density at radius 2 is 1.83 bits per heavy atom. The number of likely N-dealkylation sites (N-methyl/N-ethyl adjacent to an activating group) is 1. The van der Waals surface area contributed by atoms with Crippen molar-refractivity contribution in [1.29, 1.82) is 0 Å². The lowest BCUT2D eigenvalue weighted by Gasteiger charge is -2.38. The molecule has 1 N–H and O–H groups in total. The standard InChI is InChI=1S/C30H39F3N8O/c1-5-19-6-8-21(9-7-19)41-25-10-11-39(29(42)34-2)18-23(25)28(36-41)40-13-12-37(3)26-14-22(20-16-35-38(4)17-20)24(15-27(26)40)30(31,32)33/h14-17,19,21H,5-13,18H2,1-4H3,(H,34,42). The SMILES string of the molecule is CCC1CCC(n2nc(N3CCN(C)c4cc(-c5cnn(C)c5)c(C(F)(F)F)cc43)c3c2CCN(C(=O)NC)C3)CC1. The molecule has 0 bridgehead atoms. The third-order valence-electron chi connectivity index (χ3n) is 9.36. The molecule has 0 radical (unpaired) electrons. The Morgan fingerprint density at radius 1 is 1.07 bits per heavy atom. The van der Waals surface area contributed by atoms with Gasteiger partial charge >= 0.3 is 12.2 Å². The molecule has 0 spiro atoms. The van der Waals surface area contributed by atoms with E-state index in [-0.39, 0.29) is 17.6 Å². The average molecular weight is 585 g/mol. The number of hydrogen-bond donors (Lipinski definition) is 1. The van der Waals surface area contributed by atoms with E-state index in [1.807, 2.05) is 16.8 Å². The quantitative estimate of drug-likeness (QED) is 0.424. The highest BCUT2D eigenvalue weighted by Gasteiger charge is 2.39. The number of halogens is 3. The van der Waals surface area contributed by atoms with Crippen molar-refractivity contribution in [2.75, 3.05) is 43.5 Å². The number of urea groups is 1. The van der Waals surface area contributed by atoms with Crippen molar-refractivity contribution in [3.8, 4) is 11.1 Å². The number of nitrogens with one attached hydrogen (secondary N) is 1. The number of carbonyl (C=O) groups excluding carboxylic acids is 1. The van der Waals surface area contributed by atoms with E-state index in [1.54, 1.807) is 31.3 Å². The van der Waals surface area contributed by atoms with Crippen molar-refractivity contribution < 1.29 is 18.0 Å². The van der Waals surface area contributed by atoms with Gasteiger partial charge in [-0.1, -0.05) is 13.3 Å². The third-order valence-corrected chi connectivity index (χ3v) is 9.36. The Bertz CT molecular complexity index is 1470. The minimum absolute atomic E-state index is 0.106. The van der Waals surface area contributed by atoms with E-state index < -0.39 is 11.7 Å².